The van der Waals surface area contributed by atoms with E-state index in [4.69, 9.17) is 0 Å². The van der Waals surface area contributed by atoms with Gasteiger partial charge in [-0.25, -0.2) is 0 Å². The van der Waals surface area contributed by atoms with E-state index in [1.807, 2.05) is 6.07 Å². The topological polar surface area (TPSA) is 60.7 Å². The number of benzene rings is 1. The largest absolute Gasteiger partial charge is 0.508 e. The van der Waals surface area contributed by atoms with E-state index < -0.39 is 0 Å². The Morgan fingerprint density at radius 3 is 2.79 bits per heavy atom. The summed E-state index contributed by atoms with van der Waals surface area (Å²) in [5.74, 6) is 1.68. The van der Waals surface area contributed by atoms with Crippen LogP contribution < -0.4 is 0 Å². The van der Waals surface area contributed by atoms with Crippen LogP contribution in [0.2, 0.25) is 0 Å². The fraction of sp³-hybridized carbons (Fsp3) is 0.714. The Labute approximate surface area is 145 Å². The van der Waals surface area contributed by atoms with Gasteiger partial charge in [-0.05, 0) is 73.5 Å². The quantitative estimate of drug-likeness (QED) is 0.665. The van der Waals surface area contributed by atoms with Gasteiger partial charge < -0.3 is 15.3 Å². The molecule has 0 unspecified atom stereocenters. The second-order valence-electron chi connectivity index (χ2n) is 7.94. The molecule has 3 nitrogen and oxygen atoms in total. The number of fused-ring (bicyclic) bond motifs is 2. The maximum absolute atomic E-state index is 10.6. The predicted octanol–water partition coefficient (Wildman–Crippen LogP) is 3.83. The van der Waals surface area contributed by atoms with Crippen molar-refractivity contribution in [2.24, 2.45) is 17.8 Å². The molecule has 0 aliphatic heterocycles. The van der Waals surface area contributed by atoms with Crippen molar-refractivity contribution in [3.63, 3.8) is 0 Å². The van der Waals surface area contributed by atoms with Gasteiger partial charge >= 0.3 is 0 Å². The van der Waals surface area contributed by atoms with Gasteiger partial charge in [-0.15, -0.1) is 0 Å². The molecule has 0 bridgehead atoms. The number of unbranched alkanes of at least 4 members (excludes halogenated alkanes) is 2. The fourth-order valence-electron chi connectivity index (χ4n) is 4.98. The van der Waals surface area contributed by atoms with Gasteiger partial charge in [-0.2, -0.15) is 0 Å². The van der Waals surface area contributed by atoms with Crippen molar-refractivity contribution in [3.8, 4) is 5.75 Å². The van der Waals surface area contributed by atoms with Crippen LogP contribution in [0.25, 0.3) is 0 Å². The van der Waals surface area contributed by atoms with E-state index in [2.05, 4.69) is 13.0 Å². The number of aromatic hydroxyl groups is 1. The van der Waals surface area contributed by atoms with E-state index in [-0.39, 0.29) is 12.2 Å². The van der Waals surface area contributed by atoms with Gasteiger partial charge in [0, 0.05) is 0 Å². The molecule has 1 saturated carbocycles. The summed E-state index contributed by atoms with van der Waals surface area (Å²) < 4.78 is 0. The lowest BCUT2D eigenvalue weighted by atomic mass is 9.73. The maximum Gasteiger partial charge on any atom is 0.119 e. The molecule has 1 aromatic rings. The van der Waals surface area contributed by atoms with Crippen molar-refractivity contribution < 1.29 is 15.3 Å². The Balaban J connectivity index is 1.59. The van der Waals surface area contributed by atoms with Gasteiger partial charge in [0.25, 0.3) is 0 Å². The number of phenolic OH excluding ortho intramolecular Hbond substituents is 1. The molecule has 5 atom stereocenters. The van der Waals surface area contributed by atoms with Crippen molar-refractivity contribution in [1.29, 1.82) is 0 Å². The van der Waals surface area contributed by atoms with E-state index >= 15 is 0 Å². The molecule has 2 aliphatic rings. The third kappa shape index (κ3) is 3.78. The van der Waals surface area contributed by atoms with Gasteiger partial charge in [0.05, 0.1) is 12.2 Å². The molecule has 0 amide bonds. The van der Waals surface area contributed by atoms with Crippen LogP contribution in [0.4, 0.5) is 0 Å². The minimum atomic E-state index is -0.251. The SMILES string of the molecule is CCCCC[C@@H](O)CC[C@@H]1[C@H]2Cc3cccc(O)c3C[C@H]2C[C@H]1O. The molecule has 0 heterocycles. The molecule has 3 rings (SSSR count). The molecular formula is C21H32O3. The summed E-state index contributed by atoms with van der Waals surface area (Å²) >= 11 is 0. The predicted molar refractivity (Wildman–Crippen MR) is 96.0 cm³/mol. The smallest absolute Gasteiger partial charge is 0.119 e. The Bertz CT molecular complexity index is 542. The first-order valence-corrected chi connectivity index (χ1v) is 9.76. The van der Waals surface area contributed by atoms with Gasteiger partial charge in [-0.1, -0.05) is 38.3 Å². The molecule has 1 aromatic carbocycles. The van der Waals surface area contributed by atoms with Crippen LogP contribution in [-0.4, -0.2) is 27.5 Å². The summed E-state index contributed by atoms with van der Waals surface area (Å²) in [5.41, 5.74) is 2.34. The molecule has 1 fully saturated rings. The fourth-order valence-corrected chi connectivity index (χ4v) is 4.98. The molecule has 3 heteroatoms. The average molecular weight is 332 g/mol. The molecule has 0 spiro atoms. The molecule has 0 saturated heterocycles. The highest BCUT2D eigenvalue weighted by Gasteiger charge is 2.44. The Kier molecular flexibility index (Phi) is 5.83. The van der Waals surface area contributed by atoms with Crippen molar-refractivity contribution in [1.82, 2.24) is 0 Å². The highest BCUT2D eigenvalue weighted by Crippen LogP contribution is 2.48. The Morgan fingerprint density at radius 1 is 1.17 bits per heavy atom. The zero-order valence-corrected chi connectivity index (χ0v) is 14.8. The van der Waals surface area contributed by atoms with Gasteiger partial charge in [-0.3, -0.25) is 0 Å². The average Bonchev–Trinajstić information content (AvgIpc) is 2.86. The molecule has 3 N–H and O–H groups in total. The second-order valence-corrected chi connectivity index (χ2v) is 7.94. The summed E-state index contributed by atoms with van der Waals surface area (Å²) in [5, 5.41) is 30.8. The summed E-state index contributed by atoms with van der Waals surface area (Å²) in [7, 11) is 0. The van der Waals surface area contributed by atoms with Crippen LogP contribution in [0.3, 0.4) is 0 Å². The van der Waals surface area contributed by atoms with Crippen LogP contribution in [0, 0.1) is 17.8 Å². The minimum absolute atomic E-state index is 0.220. The first kappa shape index (κ1) is 17.8. The lowest BCUT2D eigenvalue weighted by Gasteiger charge is -2.32. The minimum Gasteiger partial charge on any atom is -0.508 e. The third-order valence-electron chi connectivity index (χ3n) is 6.34. The van der Waals surface area contributed by atoms with Crippen molar-refractivity contribution >= 4 is 0 Å². The highest BCUT2D eigenvalue weighted by atomic mass is 16.3. The molecule has 134 valence electrons. The van der Waals surface area contributed by atoms with E-state index in [0.29, 0.717) is 23.5 Å². The number of hydrogen-bond acceptors (Lipinski definition) is 3. The van der Waals surface area contributed by atoms with Crippen molar-refractivity contribution in [2.75, 3.05) is 0 Å². The lowest BCUT2D eigenvalue weighted by molar-refractivity contribution is 0.0869. The molecule has 0 aromatic heterocycles. The molecule has 24 heavy (non-hydrogen) atoms. The summed E-state index contributed by atoms with van der Waals surface area (Å²) in [6.45, 7) is 2.18. The Morgan fingerprint density at radius 2 is 2.00 bits per heavy atom. The van der Waals surface area contributed by atoms with Gasteiger partial charge in [0.1, 0.15) is 5.75 Å². The second kappa shape index (κ2) is 7.88. The van der Waals surface area contributed by atoms with Crippen LogP contribution >= 0.6 is 0 Å². The van der Waals surface area contributed by atoms with Crippen molar-refractivity contribution in [2.45, 2.75) is 76.9 Å². The maximum atomic E-state index is 10.6. The normalized spacial score (nSPS) is 30.0. The van der Waals surface area contributed by atoms with E-state index in [1.165, 1.54) is 18.4 Å². The molecule has 2 aliphatic carbocycles. The van der Waals surface area contributed by atoms with Crippen LogP contribution in [-0.2, 0) is 12.8 Å². The van der Waals surface area contributed by atoms with E-state index in [0.717, 1.165) is 50.5 Å². The molecular weight excluding hydrogens is 300 g/mol. The number of hydrogen-bond donors (Lipinski definition) is 3. The lowest BCUT2D eigenvalue weighted by Crippen LogP contribution is -2.27. The Hall–Kier alpha value is -1.06. The standard InChI is InChI=1S/C21H32O3/c1-2-3-4-7-16(22)9-10-17-18-11-14-6-5-8-20(23)19(14)12-15(18)13-21(17)24/h5-6,8,15-18,21-24H,2-4,7,9-13H2,1H3/t15-,16+,17+,18-,21+/m0/s1. The van der Waals surface area contributed by atoms with E-state index in [1.54, 1.807) is 6.07 Å². The zero-order valence-electron chi connectivity index (χ0n) is 14.8. The van der Waals surface area contributed by atoms with Gasteiger partial charge in [0.15, 0.2) is 0 Å². The van der Waals surface area contributed by atoms with Crippen molar-refractivity contribution in [3.05, 3.63) is 29.3 Å². The van der Waals surface area contributed by atoms with E-state index in [9.17, 15) is 15.3 Å². The first-order valence-electron chi connectivity index (χ1n) is 9.76. The van der Waals surface area contributed by atoms with Crippen LogP contribution in [0.15, 0.2) is 18.2 Å². The monoisotopic (exact) mass is 332 g/mol. The zero-order chi connectivity index (χ0) is 17.1. The number of rotatable bonds is 7. The number of phenols is 1. The summed E-state index contributed by atoms with van der Waals surface area (Å²) in [6.07, 6.45) is 8.31. The number of aliphatic hydroxyl groups excluding tert-OH is 2. The van der Waals surface area contributed by atoms with Gasteiger partial charge in [0.2, 0.25) is 0 Å². The van der Waals surface area contributed by atoms with Crippen LogP contribution in [0.1, 0.15) is 63.0 Å². The summed E-state index contributed by atoms with van der Waals surface area (Å²) in [4.78, 5) is 0. The summed E-state index contributed by atoms with van der Waals surface area (Å²) in [6, 6.07) is 5.81. The molecule has 0 radical (unpaired) electrons. The van der Waals surface area contributed by atoms with Crippen LogP contribution in [0.5, 0.6) is 5.75 Å². The third-order valence-corrected chi connectivity index (χ3v) is 6.34. The number of aliphatic hydroxyl groups is 2. The highest BCUT2D eigenvalue weighted by molar-refractivity contribution is 5.42. The first-order chi connectivity index (χ1) is 11.6.